The number of ether oxygens (including phenoxy) is 2. The number of halogens is 1. The van der Waals surface area contributed by atoms with Gasteiger partial charge in [0.05, 0.1) is 6.61 Å². The fourth-order valence-corrected chi connectivity index (χ4v) is 1.70. The molecule has 0 N–H and O–H groups in total. The number of aromatic nitrogens is 2. The molecular weight excluding hydrogens is 244 g/mol. The van der Waals surface area contributed by atoms with E-state index in [4.69, 9.17) is 9.47 Å². The Kier molecular flexibility index (Phi) is 3.90. The van der Waals surface area contributed by atoms with Crippen molar-refractivity contribution in [3.63, 3.8) is 0 Å². The maximum atomic E-state index is 5.37. The summed E-state index contributed by atoms with van der Waals surface area (Å²) in [7, 11) is 1.63. The molecule has 1 atom stereocenters. The molecule has 0 aliphatic carbocycles. The molecule has 0 aromatic carbocycles. The van der Waals surface area contributed by atoms with Gasteiger partial charge in [-0.1, -0.05) is 5.10 Å². The molecule has 68 valence electrons. The summed E-state index contributed by atoms with van der Waals surface area (Å²) >= 11 is 4.55. The van der Waals surface area contributed by atoms with Crippen LogP contribution in [-0.4, -0.2) is 30.0 Å². The third-order valence-electron chi connectivity index (χ3n) is 1.09. The minimum absolute atomic E-state index is 0.00912. The van der Waals surface area contributed by atoms with Crippen LogP contribution in [0.1, 0.15) is 6.92 Å². The maximum absolute atomic E-state index is 5.37. The van der Waals surface area contributed by atoms with Crippen LogP contribution in [0.5, 0.6) is 5.19 Å². The van der Waals surface area contributed by atoms with Crippen LogP contribution in [0.3, 0.4) is 0 Å². The fraction of sp³-hybridized carbons (Fsp3) is 0.667. The number of methoxy groups -OCH3 is 1. The van der Waals surface area contributed by atoms with Crippen molar-refractivity contribution in [2.24, 2.45) is 0 Å². The monoisotopic (exact) mass is 252 g/mol. The van der Waals surface area contributed by atoms with Gasteiger partial charge in [-0.05, 0) is 34.2 Å². The van der Waals surface area contributed by atoms with Crippen molar-refractivity contribution in [2.45, 2.75) is 13.0 Å². The first-order valence-electron chi connectivity index (χ1n) is 3.37. The van der Waals surface area contributed by atoms with Gasteiger partial charge in [0.2, 0.25) is 0 Å². The summed E-state index contributed by atoms with van der Waals surface area (Å²) in [5.41, 5.74) is 0. The van der Waals surface area contributed by atoms with Crippen LogP contribution in [0.4, 0.5) is 0 Å². The van der Waals surface area contributed by atoms with Crippen molar-refractivity contribution in [1.29, 1.82) is 0 Å². The molecule has 0 aliphatic heterocycles. The van der Waals surface area contributed by atoms with Gasteiger partial charge >= 0.3 is 0 Å². The second-order valence-electron chi connectivity index (χ2n) is 2.20. The van der Waals surface area contributed by atoms with Gasteiger partial charge < -0.3 is 9.47 Å². The third kappa shape index (κ3) is 3.04. The van der Waals surface area contributed by atoms with Crippen LogP contribution >= 0.6 is 27.3 Å². The Morgan fingerprint density at radius 2 is 2.33 bits per heavy atom. The normalized spacial score (nSPS) is 12.9. The predicted molar refractivity (Wildman–Crippen MR) is 49.6 cm³/mol. The highest BCUT2D eigenvalue weighted by molar-refractivity contribution is 9.11. The highest BCUT2D eigenvalue weighted by Crippen LogP contribution is 2.22. The van der Waals surface area contributed by atoms with E-state index in [0.29, 0.717) is 11.8 Å². The first-order valence-corrected chi connectivity index (χ1v) is 4.98. The second-order valence-corrected chi connectivity index (χ2v) is 4.42. The van der Waals surface area contributed by atoms with E-state index in [1.165, 1.54) is 11.3 Å². The molecular formula is C6H9BrN2O2S. The van der Waals surface area contributed by atoms with E-state index in [1.54, 1.807) is 7.11 Å². The summed E-state index contributed by atoms with van der Waals surface area (Å²) in [4.78, 5) is 0. The Hall–Kier alpha value is -0.200. The Morgan fingerprint density at radius 1 is 1.58 bits per heavy atom. The zero-order valence-corrected chi connectivity index (χ0v) is 9.18. The minimum Gasteiger partial charge on any atom is -0.463 e. The summed E-state index contributed by atoms with van der Waals surface area (Å²) in [6.07, 6.45) is 0.00912. The van der Waals surface area contributed by atoms with Gasteiger partial charge in [-0.3, -0.25) is 0 Å². The Bertz CT molecular complexity index is 243. The zero-order chi connectivity index (χ0) is 8.97. The summed E-state index contributed by atoms with van der Waals surface area (Å²) in [5, 5.41) is 8.09. The van der Waals surface area contributed by atoms with Gasteiger partial charge in [-0.15, -0.1) is 5.10 Å². The molecule has 0 radical (unpaired) electrons. The van der Waals surface area contributed by atoms with Crippen molar-refractivity contribution in [3.8, 4) is 5.19 Å². The quantitative estimate of drug-likeness (QED) is 0.819. The fourth-order valence-electron chi connectivity index (χ4n) is 0.681. The van der Waals surface area contributed by atoms with Crippen LogP contribution in [0.15, 0.2) is 3.92 Å². The molecule has 6 heteroatoms. The lowest BCUT2D eigenvalue weighted by molar-refractivity contribution is 0.0914. The lowest BCUT2D eigenvalue weighted by atomic mass is 10.4. The lowest BCUT2D eigenvalue weighted by Crippen LogP contribution is -2.17. The first kappa shape index (κ1) is 9.88. The summed E-state index contributed by atoms with van der Waals surface area (Å²) in [6.45, 7) is 2.47. The first-order chi connectivity index (χ1) is 5.72. The number of hydrogen-bond acceptors (Lipinski definition) is 5. The largest absolute Gasteiger partial charge is 0.463 e. The van der Waals surface area contributed by atoms with E-state index in [1.807, 2.05) is 6.92 Å². The predicted octanol–water partition coefficient (Wildman–Crippen LogP) is 1.71. The average Bonchev–Trinajstić information content (AvgIpc) is 2.36. The van der Waals surface area contributed by atoms with Gasteiger partial charge in [0.25, 0.3) is 5.19 Å². The van der Waals surface area contributed by atoms with E-state index in [9.17, 15) is 0 Å². The van der Waals surface area contributed by atoms with Crippen LogP contribution in [-0.2, 0) is 4.74 Å². The van der Waals surface area contributed by atoms with E-state index >= 15 is 0 Å². The summed E-state index contributed by atoms with van der Waals surface area (Å²) < 4.78 is 11.0. The van der Waals surface area contributed by atoms with Crippen LogP contribution in [0.2, 0.25) is 0 Å². The number of hydrogen-bond donors (Lipinski definition) is 0. The number of nitrogens with zero attached hydrogens (tertiary/aromatic N) is 2. The molecule has 12 heavy (non-hydrogen) atoms. The molecule has 0 fully saturated rings. The zero-order valence-electron chi connectivity index (χ0n) is 6.78. The molecule has 0 bridgehead atoms. The smallest absolute Gasteiger partial charge is 0.295 e. The van der Waals surface area contributed by atoms with Crippen LogP contribution < -0.4 is 4.74 Å². The molecule has 4 nitrogen and oxygen atoms in total. The lowest BCUT2D eigenvalue weighted by Gasteiger charge is -2.09. The second kappa shape index (κ2) is 4.74. The van der Waals surface area contributed by atoms with Crippen molar-refractivity contribution in [1.82, 2.24) is 10.2 Å². The van der Waals surface area contributed by atoms with E-state index < -0.39 is 0 Å². The molecule has 1 aromatic heterocycles. The van der Waals surface area contributed by atoms with Gasteiger partial charge in [-0.2, -0.15) is 0 Å². The van der Waals surface area contributed by atoms with E-state index in [0.717, 1.165) is 3.92 Å². The molecule has 0 amide bonds. The van der Waals surface area contributed by atoms with E-state index in [-0.39, 0.29) is 6.10 Å². The summed E-state index contributed by atoms with van der Waals surface area (Å²) in [6, 6.07) is 0. The topological polar surface area (TPSA) is 44.2 Å². The standard InChI is InChI=1S/C6H9BrN2O2S/c1-4(3-10-2)11-6-9-8-5(7)12-6/h4H,3H2,1-2H3. The molecule has 1 unspecified atom stereocenters. The Morgan fingerprint density at radius 3 is 2.83 bits per heavy atom. The maximum Gasteiger partial charge on any atom is 0.295 e. The summed E-state index contributed by atoms with van der Waals surface area (Å²) in [5.74, 6) is 0. The molecule has 0 spiro atoms. The highest BCUT2D eigenvalue weighted by atomic mass is 79.9. The van der Waals surface area contributed by atoms with Crippen LogP contribution in [0, 0.1) is 0 Å². The van der Waals surface area contributed by atoms with Crippen molar-refractivity contribution in [2.75, 3.05) is 13.7 Å². The SMILES string of the molecule is COCC(C)Oc1nnc(Br)s1. The van der Waals surface area contributed by atoms with Crippen molar-refractivity contribution < 1.29 is 9.47 Å². The minimum atomic E-state index is 0.00912. The molecule has 1 rings (SSSR count). The molecule has 1 aromatic rings. The Labute approximate surface area is 83.0 Å². The van der Waals surface area contributed by atoms with Crippen LogP contribution in [0.25, 0.3) is 0 Å². The van der Waals surface area contributed by atoms with Gasteiger partial charge in [0.15, 0.2) is 3.92 Å². The molecule has 0 saturated carbocycles. The molecule has 0 aliphatic rings. The number of rotatable bonds is 4. The Balaban J connectivity index is 2.41. The van der Waals surface area contributed by atoms with Gasteiger partial charge in [0.1, 0.15) is 6.10 Å². The van der Waals surface area contributed by atoms with E-state index in [2.05, 4.69) is 26.1 Å². The van der Waals surface area contributed by atoms with Gasteiger partial charge in [0, 0.05) is 7.11 Å². The third-order valence-corrected chi connectivity index (χ3v) is 2.33. The molecule has 1 heterocycles. The molecule has 0 saturated heterocycles. The van der Waals surface area contributed by atoms with Crippen molar-refractivity contribution in [3.05, 3.63) is 3.92 Å². The van der Waals surface area contributed by atoms with Gasteiger partial charge in [-0.25, -0.2) is 0 Å². The van der Waals surface area contributed by atoms with Crippen molar-refractivity contribution >= 4 is 27.3 Å². The highest BCUT2D eigenvalue weighted by Gasteiger charge is 2.07. The average molecular weight is 253 g/mol.